The molecule has 0 amide bonds. The Morgan fingerprint density at radius 3 is 2.07 bits per heavy atom. The monoisotopic (exact) mass is 402 g/mol. The number of carbonyl (C=O) groups is 2. The molecule has 0 spiro atoms. The second-order valence-electron chi connectivity index (χ2n) is 6.41. The summed E-state index contributed by atoms with van der Waals surface area (Å²) in [5.74, 6) is -3.65. The van der Waals surface area contributed by atoms with Gasteiger partial charge in [-0.3, -0.25) is 24.9 Å². The van der Waals surface area contributed by atoms with Crippen LogP contribution in [0.1, 0.15) is 11.1 Å². The third-order valence-electron chi connectivity index (χ3n) is 4.36. The van der Waals surface area contributed by atoms with Crippen LogP contribution in [0.4, 0.5) is 5.69 Å². The van der Waals surface area contributed by atoms with Gasteiger partial charge in [-0.05, 0) is 11.6 Å². The van der Waals surface area contributed by atoms with Crippen LogP contribution in [-0.4, -0.2) is 68.0 Å². The van der Waals surface area contributed by atoms with Crippen molar-refractivity contribution < 1.29 is 24.7 Å². The highest BCUT2D eigenvalue weighted by Crippen LogP contribution is 2.20. The third kappa shape index (κ3) is 7.28. The number of hydrogen-bond acceptors (Lipinski definition) is 7. The maximum atomic E-state index is 11.1. The molecule has 0 radical (unpaired) electrons. The Bertz CT molecular complexity index is 826. The van der Waals surface area contributed by atoms with Gasteiger partial charge in [-0.1, -0.05) is 24.3 Å². The molecule has 3 rings (SSSR count). The minimum Gasteiger partial charge on any atom is -0.473 e. The fourth-order valence-electron chi connectivity index (χ4n) is 2.92. The number of aromatic nitrogens is 1. The molecule has 1 fully saturated rings. The van der Waals surface area contributed by atoms with Gasteiger partial charge in [-0.25, -0.2) is 9.59 Å². The van der Waals surface area contributed by atoms with Crippen molar-refractivity contribution in [1.82, 2.24) is 14.8 Å². The van der Waals surface area contributed by atoms with Gasteiger partial charge in [0, 0.05) is 63.3 Å². The van der Waals surface area contributed by atoms with Crippen molar-refractivity contribution in [3.8, 4) is 0 Å². The van der Waals surface area contributed by atoms with Crippen LogP contribution >= 0.6 is 0 Å². The lowest BCUT2D eigenvalue weighted by Gasteiger charge is -2.34. The second-order valence-corrected chi connectivity index (χ2v) is 6.41. The zero-order valence-electron chi connectivity index (χ0n) is 15.7. The third-order valence-corrected chi connectivity index (χ3v) is 4.36. The first kappa shape index (κ1) is 21.9. The summed E-state index contributed by atoms with van der Waals surface area (Å²) in [6.07, 6.45) is 3.69. The molecule has 0 atom stereocenters. The molecule has 2 aromatic rings. The fourth-order valence-corrected chi connectivity index (χ4v) is 2.92. The number of nitro groups is 1. The van der Waals surface area contributed by atoms with Crippen LogP contribution in [-0.2, 0) is 22.7 Å². The molecular formula is C19H22N4O6. The largest absolute Gasteiger partial charge is 0.473 e. The zero-order valence-corrected chi connectivity index (χ0v) is 15.7. The van der Waals surface area contributed by atoms with Crippen molar-refractivity contribution in [2.24, 2.45) is 0 Å². The van der Waals surface area contributed by atoms with Crippen molar-refractivity contribution in [2.75, 3.05) is 26.2 Å². The average Bonchev–Trinajstić information content (AvgIpc) is 2.71. The molecule has 1 aliphatic rings. The van der Waals surface area contributed by atoms with Crippen LogP contribution < -0.4 is 0 Å². The topological polar surface area (TPSA) is 137 Å². The van der Waals surface area contributed by atoms with E-state index in [0.29, 0.717) is 6.54 Å². The number of carboxylic acid groups (broad SMARTS) is 2. The molecule has 0 saturated carbocycles. The highest BCUT2D eigenvalue weighted by atomic mass is 16.6. The van der Waals surface area contributed by atoms with Crippen molar-refractivity contribution >= 4 is 17.6 Å². The molecule has 0 aliphatic carbocycles. The molecule has 1 aromatic heterocycles. The van der Waals surface area contributed by atoms with Gasteiger partial charge in [-0.15, -0.1) is 0 Å². The first-order valence-corrected chi connectivity index (χ1v) is 8.89. The molecule has 1 aliphatic heterocycles. The number of nitro benzene ring substituents is 1. The number of hydrogen-bond donors (Lipinski definition) is 2. The highest BCUT2D eigenvalue weighted by molar-refractivity contribution is 6.27. The van der Waals surface area contributed by atoms with E-state index in [2.05, 4.69) is 20.9 Å². The van der Waals surface area contributed by atoms with Gasteiger partial charge in [0.15, 0.2) is 0 Å². The molecule has 0 unspecified atom stereocenters. The predicted molar refractivity (Wildman–Crippen MR) is 103 cm³/mol. The van der Waals surface area contributed by atoms with E-state index in [1.807, 2.05) is 24.4 Å². The maximum Gasteiger partial charge on any atom is 0.414 e. The Morgan fingerprint density at radius 1 is 0.966 bits per heavy atom. The van der Waals surface area contributed by atoms with E-state index in [4.69, 9.17) is 19.8 Å². The van der Waals surface area contributed by atoms with Crippen LogP contribution in [0.25, 0.3) is 0 Å². The van der Waals surface area contributed by atoms with Gasteiger partial charge < -0.3 is 10.2 Å². The standard InChI is InChI=1S/C17H20N4O2.C2H2O4/c22-21(23)17-6-2-1-5-16(17)14-20-10-8-19(9-11-20)13-15-4-3-7-18-12-15;3-1(4)2(5)6/h1-7,12H,8-11,13-14H2;(H,3,4)(H,5,6). The van der Waals surface area contributed by atoms with Gasteiger partial charge >= 0.3 is 11.9 Å². The van der Waals surface area contributed by atoms with Gasteiger partial charge in [-0.2, -0.15) is 0 Å². The number of piperazine rings is 1. The smallest absolute Gasteiger partial charge is 0.414 e. The van der Waals surface area contributed by atoms with Gasteiger partial charge in [0.1, 0.15) is 0 Å². The van der Waals surface area contributed by atoms with E-state index >= 15 is 0 Å². The number of nitrogens with zero attached hydrogens (tertiary/aromatic N) is 4. The molecular weight excluding hydrogens is 380 g/mol. The lowest BCUT2D eigenvalue weighted by molar-refractivity contribution is -0.385. The molecule has 10 heteroatoms. The molecule has 2 N–H and O–H groups in total. The normalized spacial score (nSPS) is 14.5. The van der Waals surface area contributed by atoms with Gasteiger partial charge in [0.25, 0.3) is 5.69 Å². The molecule has 1 aromatic carbocycles. The van der Waals surface area contributed by atoms with E-state index in [-0.39, 0.29) is 10.6 Å². The summed E-state index contributed by atoms with van der Waals surface area (Å²) in [7, 11) is 0. The second kappa shape index (κ2) is 10.8. The number of carboxylic acids is 2. The van der Waals surface area contributed by atoms with E-state index in [0.717, 1.165) is 38.3 Å². The van der Waals surface area contributed by atoms with Crippen LogP contribution in [0.3, 0.4) is 0 Å². The first-order valence-electron chi connectivity index (χ1n) is 8.89. The fraction of sp³-hybridized carbons (Fsp3) is 0.316. The minimum atomic E-state index is -1.82. The minimum absolute atomic E-state index is 0.213. The molecule has 10 nitrogen and oxygen atoms in total. The molecule has 2 heterocycles. The van der Waals surface area contributed by atoms with Gasteiger partial charge in [0.05, 0.1) is 4.92 Å². The lowest BCUT2D eigenvalue weighted by Crippen LogP contribution is -2.45. The summed E-state index contributed by atoms with van der Waals surface area (Å²) >= 11 is 0. The van der Waals surface area contributed by atoms with E-state index in [1.165, 1.54) is 5.56 Å². The summed E-state index contributed by atoms with van der Waals surface area (Å²) in [5, 5.41) is 25.9. The Labute approximate surface area is 167 Å². The summed E-state index contributed by atoms with van der Waals surface area (Å²) in [6, 6.07) is 11.1. The summed E-state index contributed by atoms with van der Waals surface area (Å²) in [6.45, 7) is 5.33. The predicted octanol–water partition coefficient (Wildman–Crippen LogP) is 1.46. The quantitative estimate of drug-likeness (QED) is 0.432. The van der Waals surface area contributed by atoms with E-state index < -0.39 is 11.9 Å². The van der Waals surface area contributed by atoms with E-state index in [9.17, 15) is 10.1 Å². The molecule has 29 heavy (non-hydrogen) atoms. The van der Waals surface area contributed by atoms with Gasteiger partial charge in [0.2, 0.25) is 0 Å². The van der Waals surface area contributed by atoms with Crippen molar-refractivity contribution in [3.63, 3.8) is 0 Å². The first-order chi connectivity index (χ1) is 13.9. The molecule has 1 saturated heterocycles. The van der Waals surface area contributed by atoms with Crippen molar-refractivity contribution in [3.05, 3.63) is 70.0 Å². The number of pyridine rings is 1. The van der Waals surface area contributed by atoms with E-state index in [1.54, 1.807) is 18.3 Å². The van der Waals surface area contributed by atoms with Crippen LogP contribution in [0.15, 0.2) is 48.8 Å². The Morgan fingerprint density at radius 2 is 1.55 bits per heavy atom. The Hall–Kier alpha value is -3.37. The molecule has 154 valence electrons. The lowest BCUT2D eigenvalue weighted by atomic mass is 10.1. The maximum absolute atomic E-state index is 11.1. The Balaban J connectivity index is 0.000000438. The van der Waals surface area contributed by atoms with Crippen molar-refractivity contribution in [1.29, 1.82) is 0 Å². The number of benzene rings is 1. The number of aliphatic carboxylic acids is 2. The van der Waals surface area contributed by atoms with Crippen molar-refractivity contribution in [2.45, 2.75) is 13.1 Å². The van der Waals surface area contributed by atoms with Crippen LogP contribution in [0.2, 0.25) is 0 Å². The van der Waals surface area contributed by atoms with Crippen LogP contribution in [0, 0.1) is 10.1 Å². The van der Waals surface area contributed by atoms with Crippen LogP contribution in [0.5, 0.6) is 0 Å². The molecule has 0 bridgehead atoms. The Kier molecular flexibility index (Phi) is 8.19. The summed E-state index contributed by atoms with van der Waals surface area (Å²) < 4.78 is 0. The SMILES string of the molecule is O=C(O)C(=O)O.O=[N+]([O-])c1ccccc1CN1CCN(Cc2cccnc2)CC1. The highest BCUT2D eigenvalue weighted by Gasteiger charge is 2.20. The number of rotatable bonds is 5. The summed E-state index contributed by atoms with van der Waals surface area (Å²) in [4.78, 5) is 37.8. The zero-order chi connectivity index (χ0) is 21.2. The number of para-hydroxylation sites is 1. The average molecular weight is 402 g/mol. The summed E-state index contributed by atoms with van der Waals surface area (Å²) in [5.41, 5.74) is 2.23.